The molecule has 1 fully saturated rings. The highest BCUT2D eigenvalue weighted by Gasteiger charge is 2.53. The van der Waals surface area contributed by atoms with Crippen LogP contribution in [0.3, 0.4) is 0 Å². The summed E-state index contributed by atoms with van der Waals surface area (Å²) in [5, 5.41) is 0. The average Bonchev–Trinajstić information content (AvgIpc) is 2.82. The number of hydrogen-bond acceptors (Lipinski definition) is 3. The van der Waals surface area contributed by atoms with Gasteiger partial charge in [-0.05, 0) is 17.5 Å². The van der Waals surface area contributed by atoms with Gasteiger partial charge in [0.25, 0.3) is 0 Å². The van der Waals surface area contributed by atoms with Crippen molar-refractivity contribution in [2.24, 2.45) is 11.8 Å². The Hall–Kier alpha value is -1.97. The lowest BCUT2D eigenvalue weighted by Crippen LogP contribution is -2.34. The lowest BCUT2D eigenvalue weighted by Gasteiger charge is -2.21. The quantitative estimate of drug-likeness (QED) is 0.548. The molecule has 0 saturated carbocycles. The minimum atomic E-state index is -0.675. The van der Waals surface area contributed by atoms with Crippen molar-refractivity contribution in [1.29, 1.82) is 0 Å². The van der Waals surface area contributed by atoms with E-state index in [1.807, 2.05) is 24.3 Å². The zero-order valence-electron chi connectivity index (χ0n) is 10.00. The molecule has 1 aliphatic carbocycles. The highest BCUT2D eigenvalue weighted by Crippen LogP contribution is 2.48. The van der Waals surface area contributed by atoms with Gasteiger partial charge in [0.1, 0.15) is 6.29 Å². The third-order valence-electron chi connectivity index (χ3n) is 3.98. The molecular formula is C14H13NO3. The fourth-order valence-corrected chi connectivity index (χ4v) is 3.25. The first-order valence-corrected chi connectivity index (χ1v) is 6.02. The summed E-state index contributed by atoms with van der Waals surface area (Å²) in [5.74, 6) is -1.39. The van der Waals surface area contributed by atoms with Crippen molar-refractivity contribution in [2.45, 2.75) is 19.4 Å². The average molecular weight is 243 g/mol. The number of imide groups is 1. The molecule has 92 valence electrons. The van der Waals surface area contributed by atoms with Gasteiger partial charge in [0.15, 0.2) is 0 Å². The molecule has 0 spiro atoms. The van der Waals surface area contributed by atoms with Crippen molar-refractivity contribution in [3.05, 3.63) is 35.4 Å². The Bertz CT molecular complexity index is 552. The first-order chi connectivity index (χ1) is 8.65. The van der Waals surface area contributed by atoms with Crippen LogP contribution in [0.15, 0.2) is 24.3 Å². The second-order valence-corrected chi connectivity index (χ2v) is 4.90. The number of aldehydes is 1. The van der Waals surface area contributed by atoms with Gasteiger partial charge in [0.2, 0.25) is 11.8 Å². The van der Waals surface area contributed by atoms with Crippen molar-refractivity contribution in [2.75, 3.05) is 0 Å². The van der Waals surface area contributed by atoms with Gasteiger partial charge in [-0.2, -0.15) is 0 Å². The summed E-state index contributed by atoms with van der Waals surface area (Å²) in [6.07, 6.45) is 1.38. The van der Waals surface area contributed by atoms with Gasteiger partial charge in [-0.3, -0.25) is 14.5 Å². The van der Waals surface area contributed by atoms with Gasteiger partial charge in [0.05, 0.1) is 12.0 Å². The molecule has 0 N–H and O–H groups in total. The second kappa shape index (κ2) is 3.77. The molecule has 1 aromatic rings. The summed E-state index contributed by atoms with van der Waals surface area (Å²) < 4.78 is 0. The minimum absolute atomic E-state index is 0.0868. The van der Waals surface area contributed by atoms with Gasteiger partial charge >= 0.3 is 0 Å². The normalized spacial score (nSPS) is 29.1. The van der Waals surface area contributed by atoms with E-state index in [9.17, 15) is 14.4 Å². The molecule has 3 atom stereocenters. The molecule has 0 bridgehead atoms. The van der Waals surface area contributed by atoms with Crippen LogP contribution in [-0.2, 0) is 20.8 Å². The van der Waals surface area contributed by atoms with Crippen LogP contribution in [0.4, 0.5) is 0 Å². The number of nitrogens with zero attached hydrogens (tertiary/aromatic N) is 1. The van der Waals surface area contributed by atoms with Gasteiger partial charge in [-0.15, -0.1) is 0 Å². The molecule has 1 aromatic carbocycles. The third kappa shape index (κ3) is 1.29. The van der Waals surface area contributed by atoms with Gasteiger partial charge < -0.3 is 4.79 Å². The van der Waals surface area contributed by atoms with Gasteiger partial charge in [-0.1, -0.05) is 24.3 Å². The lowest BCUT2D eigenvalue weighted by molar-refractivity contribution is -0.144. The number of carbonyl (C=O) groups excluding carboxylic acids is 3. The summed E-state index contributed by atoms with van der Waals surface area (Å²) in [4.78, 5) is 36.1. The smallest absolute Gasteiger partial charge is 0.240 e. The van der Waals surface area contributed by atoms with E-state index in [0.29, 0.717) is 12.7 Å². The maximum Gasteiger partial charge on any atom is 0.240 e. The molecule has 18 heavy (non-hydrogen) atoms. The van der Waals surface area contributed by atoms with E-state index in [-0.39, 0.29) is 23.8 Å². The SMILES string of the molecule is CC(=O)N1C(=O)C(C=O)C2Cc3ccccc3C21. The minimum Gasteiger partial charge on any atom is -0.302 e. The largest absolute Gasteiger partial charge is 0.302 e. The topological polar surface area (TPSA) is 54.5 Å². The van der Waals surface area contributed by atoms with Crippen molar-refractivity contribution in [3.63, 3.8) is 0 Å². The van der Waals surface area contributed by atoms with Crippen LogP contribution in [0.25, 0.3) is 0 Å². The summed E-state index contributed by atoms with van der Waals surface area (Å²) in [5.41, 5.74) is 2.15. The molecule has 2 amide bonds. The van der Waals surface area contributed by atoms with Crippen LogP contribution >= 0.6 is 0 Å². The molecule has 3 rings (SSSR count). The first kappa shape index (κ1) is 11.1. The highest BCUT2D eigenvalue weighted by atomic mass is 16.2. The van der Waals surface area contributed by atoms with Crippen LogP contribution in [0.1, 0.15) is 24.1 Å². The van der Waals surface area contributed by atoms with Crippen LogP contribution < -0.4 is 0 Å². The Balaban J connectivity index is 2.12. The molecule has 3 unspecified atom stereocenters. The van der Waals surface area contributed by atoms with Gasteiger partial charge in [-0.25, -0.2) is 0 Å². The molecule has 1 aliphatic heterocycles. The number of hydrogen-bond donors (Lipinski definition) is 0. The van der Waals surface area contributed by atoms with Crippen LogP contribution in [-0.4, -0.2) is 23.0 Å². The van der Waals surface area contributed by atoms with E-state index in [4.69, 9.17) is 0 Å². The maximum absolute atomic E-state index is 12.1. The molecule has 0 radical (unpaired) electrons. The van der Waals surface area contributed by atoms with Crippen molar-refractivity contribution < 1.29 is 14.4 Å². The predicted molar refractivity (Wildman–Crippen MR) is 63.5 cm³/mol. The Morgan fingerprint density at radius 3 is 2.78 bits per heavy atom. The zero-order chi connectivity index (χ0) is 12.9. The van der Waals surface area contributed by atoms with Crippen molar-refractivity contribution in [3.8, 4) is 0 Å². The molecule has 4 heteroatoms. The van der Waals surface area contributed by atoms with E-state index in [1.165, 1.54) is 11.8 Å². The van der Waals surface area contributed by atoms with Crippen LogP contribution in [0.2, 0.25) is 0 Å². The highest BCUT2D eigenvalue weighted by molar-refractivity contribution is 6.04. The number of carbonyl (C=O) groups is 3. The molecule has 4 nitrogen and oxygen atoms in total. The number of amides is 2. The zero-order valence-corrected chi connectivity index (χ0v) is 10.00. The molecule has 1 heterocycles. The number of rotatable bonds is 1. The van der Waals surface area contributed by atoms with E-state index in [0.717, 1.165) is 11.1 Å². The summed E-state index contributed by atoms with van der Waals surface area (Å²) in [7, 11) is 0. The summed E-state index contributed by atoms with van der Waals surface area (Å²) in [6.45, 7) is 1.38. The predicted octanol–water partition coefficient (Wildman–Crippen LogP) is 1.10. The van der Waals surface area contributed by atoms with Crippen molar-refractivity contribution in [1.82, 2.24) is 4.90 Å². The van der Waals surface area contributed by atoms with E-state index in [2.05, 4.69) is 0 Å². The van der Waals surface area contributed by atoms with E-state index < -0.39 is 5.92 Å². The Kier molecular flexibility index (Phi) is 2.33. The number of fused-ring (bicyclic) bond motifs is 3. The number of benzene rings is 1. The molecule has 0 aromatic heterocycles. The fourth-order valence-electron chi connectivity index (χ4n) is 3.25. The fraction of sp³-hybridized carbons (Fsp3) is 0.357. The first-order valence-electron chi connectivity index (χ1n) is 6.02. The Morgan fingerprint density at radius 2 is 2.11 bits per heavy atom. The third-order valence-corrected chi connectivity index (χ3v) is 3.98. The van der Waals surface area contributed by atoms with E-state index in [1.54, 1.807) is 0 Å². The Morgan fingerprint density at radius 1 is 1.39 bits per heavy atom. The lowest BCUT2D eigenvalue weighted by atomic mass is 9.92. The summed E-state index contributed by atoms with van der Waals surface area (Å²) >= 11 is 0. The Labute approximate surface area is 105 Å². The van der Waals surface area contributed by atoms with Gasteiger partial charge in [0, 0.05) is 12.8 Å². The summed E-state index contributed by atoms with van der Waals surface area (Å²) in [6, 6.07) is 7.53. The monoisotopic (exact) mass is 243 g/mol. The molecule has 2 aliphatic rings. The molecule has 1 saturated heterocycles. The van der Waals surface area contributed by atoms with Crippen molar-refractivity contribution >= 4 is 18.1 Å². The second-order valence-electron chi connectivity index (χ2n) is 4.90. The number of likely N-dealkylation sites (tertiary alicyclic amines) is 1. The maximum atomic E-state index is 12.1. The van der Waals surface area contributed by atoms with E-state index >= 15 is 0 Å². The van der Waals surface area contributed by atoms with Crippen LogP contribution in [0, 0.1) is 11.8 Å². The standard InChI is InChI=1S/C14H13NO3/c1-8(17)15-13-10-5-3-2-4-9(10)6-11(13)12(7-16)14(15)18/h2-5,7,11-13H,6H2,1H3. The molecular weight excluding hydrogens is 230 g/mol. The van der Waals surface area contributed by atoms with Crippen LogP contribution in [0.5, 0.6) is 0 Å².